The van der Waals surface area contributed by atoms with E-state index in [1.54, 1.807) is 0 Å². The lowest BCUT2D eigenvalue weighted by Gasteiger charge is -2.45. The molecule has 0 aromatic rings. The van der Waals surface area contributed by atoms with Crippen molar-refractivity contribution in [2.24, 2.45) is 0 Å². The van der Waals surface area contributed by atoms with Gasteiger partial charge in [0.25, 0.3) is 0 Å². The quantitative estimate of drug-likeness (QED) is 0.0252. The van der Waals surface area contributed by atoms with Crippen molar-refractivity contribution in [1.82, 2.24) is 0 Å². The number of hydrogen-bond acceptors (Lipinski definition) is 57. The molecule has 89 heteroatoms. The van der Waals surface area contributed by atoms with Gasteiger partial charge in [-0.15, -0.1) is 0 Å². The highest BCUT2D eigenvalue weighted by Crippen LogP contribution is 2.40. The van der Waals surface area contributed by atoms with E-state index in [9.17, 15) is 208 Å². The molecule has 0 unspecified atom stereocenters. The summed E-state index contributed by atoms with van der Waals surface area (Å²) in [6.07, 6.45) is -82.0. The number of hydrogen-bond donors (Lipinski definition) is 16. The van der Waals surface area contributed by atoms with Crippen LogP contribution in [0.2, 0.25) is 0 Å². The summed E-state index contributed by atoms with van der Waals surface area (Å²) in [5.74, 6) is 0. The van der Waals surface area contributed by atoms with E-state index >= 15 is 0 Å². The van der Waals surface area contributed by atoms with Crippen molar-refractivity contribution in [3.05, 3.63) is 0 Å². The van der Waals surface area contributed by atoms with Crippen molar-refractivity contribution in [3.8, 4) is 0 Å². The molecule has 119 heavy (non-hydrogen) atoms. The zero-order chi connectivity index (χ0) is 91.8. The van der Waals surface area contributed by atoms with E-state index in [1.807, 2.05) is 0 Å². The molecular weight excluding hydrogens is 2040 g/mol. The Morgan fingerprint density at radius 2 is 0.269 bits per heavy atom. The van der Waals surface area contributed by atoms with Crippen molar-refractivity contribution in [2.45, 2.75) is 147 Å². The minimum atomic E-state index is -6.58. The molecule has 24 atom stereocenters. The zero-order valence-electron chi connectivity index (χ0n) is 55.1. The van der Waals surface area contributed by atoms with Crippen LogP contribution in [0.15, 0.2) is 0 Å². The molecule has 5 heterocycles. The largest absolute Gasteiger partial charge is 0.397 e. The van der Waals surface area contributed by atoms with Crippen LogP contribution in [-0.2, 0) is 276 Å². The Labute approximate surface area is 666 Å². The van der Waals surface area contributed by atoms with E-state index in [1.165, 1.54) is 0 Å². The molecule has 0 amide bonds. The van der Waals surface area contributed by atoms with Gasteiger partial charge in [-0.05, 0) is 0 Å². The van der Waals surface area contributed by atoms with Crippen molar-refractivity contribution < 1.29 is 317 Å². The topological polar surface area (TPSA) is 1100 Å². The summed E-state index contributed by atoms with van der Waals surface area (Å²) < 4.78 is 660. The fourth-order valence-electron chi connectivity index (χ4n) is 10.2. The lowest BCUT2D eigenvalue weighted by molar-refractivity contribution is -0.322. The molecule has 0 aliphatic carbocycles. The standard InChI is InChI=1S/C30H52O73S16/c31-104(32,33)83-5-11-17(94-110(49,50)51)21(98-114(61,62)63)25(102-118(73,74)75)29(88-11)81-3-9-15(92-108(43,44)45)19(96-112(55,56)57)23(100-116(67,68)69)27(86-9)79-1-7-13(90-106(37,38)39)14(91-107(40,41)42)8(85-7)2-80-28-24(101-117(70,71)72)20(97-113(58,59)60)16(93-109(46,47)48)10(87-28)4-82-30-26(103-119(76,77)78)22(99-115(64,65)66)18(95-111(52,53)54)12(89-30)6-84-105(34,35)36/h7-30H,1-6H2,(H,31,32,33)(H,34,35,36)(H,37,38,39)(H,40,41,42)(H,43,44,45)(H,46,47,48)(H,49,50,51)(H,52,53,54)(H,55,56,57)(H,58,59,60)(H,61,62,63)(H,64,65,66)(H,67,68,69)(H,70,71,72)(H,73,74,75)(H,76,77,78)/t7-,8-,9-,10-,11-,12-,13-,14-,15-,16-,17-,18-,19+,20+,21+,22+,23-,24-,25-,26-,27-,28-,29-,30-/m1/s1. The van der Waals surface area contributed by atoms with Gasteiger partial charge in [0, 0.05) is 0 Å². The molecule has 5 rings (SSSR count). The molecule has 5 aliphatic heterocycles. The minimum Gasteiger partial charge on any atom is -0.364 e. The van der Waals surface area contributed by atoms with Crippen LogP contribution in [0.3, 0.4) is 0 Å². The van der Waals surface area contributed by atoms with E-state index in [4.69, 9.17) is 42.6 Å². The first kappa shape index (κ1) is 107. The van der Waals surface area contributed by atoms with E-state index in [2.05, 4.69) is 66.9 Å². The summed E-state index contributed by atoms with van der Waals surface area (Å²) in [4.78, 5) is 0. The van der Waals surface area contributed by atoms with Gasteiger partial charge in [0.1, 0.15) is 97.7 Å². The normalized spacial score (nSPS) is 32.8. The summed E-state index contributed by atoms with van der Waals surface area (Å²) >= 11 is 0. The van der Waals surface area contributed by atoms with E-state index in [0.29, 0.717) is 0 Å². The van der Waals surface area contributed by atoms with Gasteiger partial charge in [-0.25, -0.2) is 66.9 Å². The maximum atomic E-state index is 12.5. The average Bonchev–Trinajstić information content (AvgIpc) is 1.08. The Bertz CT molecular complexity index is 5180. The molecule has 0 aromatic carbocycles. The molecule has 0 aromatic heterocycles. The summed E-state index contributed by atoms with van der Waals surface area (Å²) in [7, 11) is -102. The Morgan fingerprint density at radius 1 is 0.151 bits per heavy atom. The van der Waals surface area contributed by atoms with Gasteiger partial charge < -0.3 is 42.6 Å². The molecule has 5 fully saturated rings. The Morgan fingerprint density at radius 3 is 0.412 bits per heavy atom. The third-order valence-electron chi connectivity index (χ3n) is 13.5. The molecule has 0 bridgehead atoms. The highest BCUT2D eigenvalue weighted by molar-refractivity contribution is 7.84. The monoisotopic (exact) mass is 2090 g/mol. The first-order valence-corrected chi connectivity index (χ1v) is 49.9. The second-order valence-electron chi connectivity index (χ2n) is 22.0. The second kappa shape index (κ2) is 39.3. The van der Waals surface area contributed by atoms with E-state index in [-0.39, 0.29) is 0 Å². The molecule has 0 spiro atoms. The Hall–Kier alpha value is -2.44. The van der Waals surface area contributed by atoms with Crippen LogP contribution < -0.4 is 0 Å². The first-order chi connectivity index (χ1) is 52.9. The smallest absolute Gasteiger partial charge is 0.364 e. The fraction of sp³-hybridized carbons (Fsp3) is 1.00. The van der Waals surface area contributed by atoms with Crippen LogP contribution in [0.25, 0.3) is 0 Å². The zero-order valence-corrected chi connectivity index (χ0v) is 68.1. The molecule has 0 radical (unpaired) electrons. The first-order valence-electron chi connectivity index (χ1n) is 28.0. The maximum Gasteiger partial charge on any atom is 0.397 e. The minimum absolute atomic E-state index is 2.09. The Kier molecular flexibility index (Phi) is 35.3. The summed E-state index contributed by atoms with van der Waals surface area (Å²) in [6.45, 7) is -13.1. The molecule has 5 aliphatic rings. The van der Waals surface area contributed by atoms with E-state index < -0.39 is 353 Å². The molecule has 5 saturated heterocycles. The average molecular weight is 2090 g/mol. The summed E-state index contributed by atoms with van der Waals surface area (Å²) in [5, 5.41) is 0. The van der Waals surface area contributed by atoms with Crippen molar-refractivity contribution in [2.75, 3.05) is 39.6 Å². The molecule has 0 saturated carbocycles. The second-order valence-corrected chi connectivity index (χ2v) is 38.8. The number of ether oxygens (including phenoxy) is 9. The van der Waals surface area contributed by atoms with Gasteiger partial charge >= 0.3 is 166 Å². The molecule has 73 nitrogen and oxygen atoms in total. The van der Waals surface area contributed by atoms with Crippen LogP contribution in [0.4, 0.5) is 0 Å². The maximum absolute atomic E-state index is 12.5. The Balaban J connectivity index is 1.73. The highest BCUT2D eigenvalue weighted by Gasteiger charge is 2.62. The van der Waals surface area contributed by atoms with E-state index in [0.717, 1.165) is 0 Å². The SMILES string of the molecule is O=S(=O)(O)OC[C@H]1O[C@@H](OC[C@H]2O[C@@H](OC[C@H]3O[C@H](CO[C@@H]4O[C@H](CO[C@@H]5O[C@H](COS(=O)(=O)O)[C@@H](OS(=O)(=O)O)[C@H](OS(=O)(=O)O)[C@H]5OS(=O)(=O)O)[C@@H](OS(=O)(=O)O)[C@H](OS(=O)(=O)O)[C@H]4OS(=O)(=O)O)[C@@H](OS(=O)(=O)O)[C@@H]3OS(=O)(=O)O)[C@H](OS(=O)(=O)O)[C@@H](OS(=O)(=O)O)[C@@H]2OS(=O)(=O)O)[C@H](OS(=O)(=O)O)[C@@H](OS(=O)(=O)O)[C@@H]1OS(=O)(=O)O. The number of rotatable bonds is 46. The molecule has 706 valence electrons. The van der Waals surface area contributed by atoms with Crippen molar-refractivity contribution in [3.63, 3.8) is 0 Å². The third kappa shape index (κ3) is 39.0. The van der Waals surface area contributed by atoms with Gasteiger partial charge in [0.2, 0.25) is 0 Å². The van der Waals surface area contributed by atoms with Crippen LogP contribution in [0.5, 0.6) is 0 Å². The van der Waals surface area contributed by atoms with Gasteiger partial charge in [0.15, 0.2) is 49.6 Å². The molecular formula is C30H52O73S16. The lowest BCUT2D eigenvalue weighted by atomic mass is 9.98. The van der Waals surface area contributed by atoms with Gasteiger partial charge in [-0.3, -0.25) is 72.8 Å². The fourth-order valence-corrected chi connectivity index (χ4v) is 17.9. The highest BCUT2D eigenvalue weighted by atomic mass is 32.3. The van der Waals surface area contributed by atoms with Crippen molar-refractivity contribution >= 4 is 166 Å². The predicted molar refractivity (Wildman–Crippen MR) is 332 cm³/mol. The van der Waals surface area contributed by atoms with Crippen molar-refractivity contribution in [1.29, 1.82) is 0 Å². The summed E-state index contributed by atoms with van der Waals surface area (Å²) in [5.41, 5.74) is 0. The molecule has 16 N–H and O–H groups in total. The van der Waals surface area contributed by atoms with Gasteiger partial charge in [-0.2, -0.15) is 135 Å². The van der Waals surface area contributed by atoms with Gasteiger partial charge in [0.05, 0.1) is 39.6 Å². The lowest BCUT2D eigenvalue weighted by Crippen LogP contribution is -2.65. The van der Waals surface area contributed by atoms with Gasteiger partial charge in [-0.1, -0.05) is 0 Å². The third-order valence-corrected chi connectivity index (χ3v) is 20.9. The van der Waals surface area contributed by atoms with Crippen LogP contribution in [0.1, 0.15) is 0 Å². The predicted octanol–water partition coefficient (Wildman–Crippen LogP) is -14.0. The van der Waals surface area contributed by atoms with Crippen LogP contribution >= 0.6 is 0 Å². The van der Waals surface area contributed by atoms with Crippen LogP contribution in [-0.4, -0.2) is 394 Å². The van der Waals surface area contributed by atoms with Crippen LogP contribution in [0, 0.1) is 0 Å². The summed E-state index contributed by atoms with van der Waals surface area (Å²) in [6, 6.07) is 0.